The molecule has 26 heavy (non-hydrogen) atoms. The number of likely N-dealkylation sites (tertiary alicyclic amines) is 1. The normalized spacial score (nSPS) is 41.0. The Morgan fingerprint density at radius 1 is 1.12 bits per heavy atom. The third kappa shape index (κ3) is 4.44. The maximum atomic E-state index is 11.0. The molecular weight excluding hydrogens is 328 g/mol. The molecule has 3 aliphatic rings. The molecule has 3 fully saturated rings. The second-order valence-corrected chi connectivity index (χ2v) is 8.60. The summed E-state index contributed by atoms with van der Waals surface area (Å²) >= 11 is 0. The molecule has 3 N–H and O–H groups in total. The Kier molecular flexibility index (Phi) is 7.00. The Morgan fingerprint density at radius 2 is 1.81 bits per heavy atom. The highest BCUT2D eigenvalue weighted by Crippen LogP contribution is 2.47. The van der Waals surface area contributed by atoms with E-state index in [4.69, 9.17) is 4.74 Å². The molecule has 5 nitrogen and oxygen atoms in total. The molecule has 5 unspecified atom stereocenters. The van der Waals surface area contributed by atoms with Crippen LogP contribution in [0.2, 0.25) is 0 Å². The first-order valence-electron chi connectivity index (χ1n) is 10.5. The zero-order chi connectivity index (χ0) is 18.7. The number of aliphatic hydroxyl groups excluding tert-OH is 2. The fourth-order valence-corrected chi connectivity index (χ4v) is 5.34. The van der Waals surface area contributed by atoms with E-state index in [0.29, 0.717) is 17.9 Å². The Labute approximate surface area is 158 Å². The predicted molar refractivity (Wildman–Crippen MR) is 103 cm³/mol. The molecule has 150 valence electrons. The fourth-order valence-electron chi connectivity index (χ4n) is 5.34. The highest BCUT2D eigenvalue weighted by molar-refractivity contribution is 4.99. The van der Waals surface area contributed by atoms with Crippen molar-refractivity contribution in [3.63, 3.8) is 0 Å². The van der Waals surface area contributed by atoms with Crippen molar-refractivity contribution in [2.45, 2.75) is 77.3 Å². The van der Waals surface area contributed by atoms with E-state index in [1.54, 1.807) is 0 Å². The van der Waals surface area contributed by atoms with Crippen molar-refractivity contribution in [2.24, 2.45) is 23.7 Å². The van der Waals surface area contributed by atoms with Gasteiger partial charge in [-0.2, -0.15) is 0 Å². The minimum atomic E-state index is -0.500. The first-order chi connectivity index (χ1) is 12.5. The van der Waals surface area contributed by atoms with Crippen molar-refractivity contribution >= 4 is 0 Å². The van der Waals surface area contributed by atoms with E-state index in [0.717, 1.165) is 63.8 Å². The summed E-state index contributed by atoms with van der Waals surface area (Å²) in [4.78, 5) is 2.04. The number of rotatable bonds is 7. The largest absolute Gasteiger partial charge is 0.552 e. The van der Waals surface area contributed by atoms with E-state index < -0.39 is 12.5 Å². The van der Waals surface area contributed by atoms with E-state index in [9.17, 15) is 10.2 Å². The summed E-state index contributed by atoms with van der Waals surface area (Å²) in [6.45, 7) is 11.6. The number of ether oxygens (including phenoxy) is 1. The summed E-state index contributed by atoms with van der Waals surface area (Å²) in [7, 11) is 0. The lowest BCUT2D eigenvalue weighted by Crippen LogP contribution is -2.47. The lowest BCUT2D eigenvalue weighted by Gasteiger charge is -2.41. The first kappa shape index (κ1) is 20.1. The Morgan fingerprint density at radius 3 is 2.46 bits per heavy atom. The van der Waals surface area contributed by atoms with Crippen molar-refractivity contribution < 1.29 is 14.9 Å². The van der Waals surface area contributed by atoms with Crippen LogP contribution < -0.4 is 5.32 Å². The molecule has 0 aromatic heterocycles. The molecule has 2 saturated carbocycles. The third-order valence-corrected chi connectivity index (χ3v) is 6.75. The van der Waals surface area contributed by atoms with Gasteiger partial charge in [0.1, 0.15) is 12.5 Å². The standard InChI is InChI=1S/C21H37N2O3/c1-4-26-13-15-5-8-17(9-6-15)23-20(24)18-10-7-16(12-22-14(2)3)11-19(18)21(23)25/h13,15-22,24-25H,2,4-12H2,1,3H3/q-1. The maximum Gasteiger partial charge on any atom is 0.112 e. The van der Waals surface area contributed by atoms with Crippen LogP contribution in [0.4, 0.5) is 0 Å². The van der Waals surface area contributed by atoms with Crippen molar-refractivity contribution in [2.75, 3.05) is 13.2 Å². The number of aliphatic hydroxyl groups is 2. The smallest absolute Gasteiger partial charge is 0.112 e. The van der Waals surface area contributed by atoms with E-state index in [-0.39, 0.29) is 11.8 Å². The molecular formula is C21H37N2O3-. The highest BCUT2D eigenvalue weighted by Gasteiger charge is 2.51. The van der Waals surface area contributed by atoms with E-state index in [1.807, 2.05) is 25.4 Å². The molecule has 5 heteroatoms. The molecule has 0 aromatic carbocycles. The lowest BCUT2D eigenvalue weighted by molar-refractivity contribution is -0.102. The van der Waals surface area contributed by atoms with Crippen molar-refractivity contribution in [1.82, 2.24) is 10.2 Å². The van der Waals surface area contributed by atoms with E-state index >= 15 is 0 Å². The summed E-state index contributed by atoms with van der Waals surface area (Å²) in [5.74, 6) is 1.50. The van der Waals surface area contributed by atoms with Crippen LogP contribution in [0.1, 0.15) is 58.8 Å². The molecule has 1 saturated heterocycles. The second-order valence-electron chi connectivity index (χ2n) is 8.60. The highest BCUT2D eigenvalue weighted by atomic mass is 16.5. The topological polar surface area (TPSA) is 65.0 Å². The predicted octanol–water partition coefficient (Wildman–Crippen LogP) is 2.85. The van der Waals surface area contributed by atoms with Gasteiger partial charge >= 0.3 is 0 Å². The zero-order valence-corrected chi connectivity index (χ0v) is 16.4. The Hall–Kier alpha value is -0.620. The SMILES string of the molecule is C=C(C)NCC1CCC2C(C1)C(O)N(C1CCC([CH-]OCC)CC1)C2O. The number of fused-ring (bicyclic) bond motifs is 1. The van der Waals surface area contributed by atoms with Crippen molar-refractivity contribution in [3.8, 4) is 0 Å². The van der Waals surface area contributed by atoms with Gasteiger partial charge in [0.15, 0.2) is 0 Å². The van der Waals surface area contributed by atoms with Crippen LogP contribution in [0.3, 0.4) is 0 Å². The minimum Gasteiger partial charge on any atom is -0.552 e. The number of nitrogens with one attached hydrogen (secondary N) is 1. The van der Waals surface area contributed by atoms with Gasteiger partial charge in [-0.3, -0.25) is 0 Å². The maximum absolute atomic E-state index is 11.0. The second kappa shape index (κ2) is 9.05. The molecule has 0 radical (unpaired) electrons. The third-order valence-electron chi connectivity index (χ3n) is 6.75. The van der Waals surface area contributed by atoms with Crippen LogP contribution in [0.15, 0.2) is 12.3 Å². The summed E-state index contributed by atoms with van der Waals surface area (Å²) in [6.07, 6.45) is 6.37. The summed E-state index contributed by atoms with van der Waals surface area (Å²) in [5, 5.41) is 25.3. The van der Waals surface area contributed by atoms with Gasteiger partial charge in [-0.25, -0.2) is 11.5 Å². The molecule has 1 aliphatic heterocycles. The zero-order valence-electron chi connectivity index (χ0n) is 16.4. The average Bonchev–Trinajstić information content (AvgIpc) is 2.89. The molecule has 0 aromatic rings. The van der Waals surface area contributed by atoms with Gasteiger partial charge in [0.2, 0.25) is 0 Å². The van der Waals surface area contributed by atoms with Crippen LogP contribution in [0, 0.1) is 30.3 Å². The van der Waals surface area contributed by atoms with Crippen molar-refractivity contribution in [3.05, 3.63) is 18.9 Å². The molecule has 2 aliphatic carbocycles. The molecule has 1 heterocycles. The molecule has 3 rings (SSSR count). The van der Waals surface area contributed by atoms with E-state index in [2.05, 4.69) is 11.9 Å². The first-order valence-corrected chi connectivity index (χ1v) is 10.5. The average molecular weight is 366 g/mol. The fraction of sp³-hybridized carbons (Fsp3) is 0.857. The van der Waals surface area contributed by atoms with Gasteiger partial charge in [-0.15, -0.1) is 5.92 Å². The van der Waals surface area contributed by atoms with Crippen LogP contribution in [-0.4, -0.2) is 46.8 Å². The quantitative estimate of drug-likeness (QED) is 0.606. The number of nitrogens with zero attached hydrogens (tertiary/aromatic N) is 1. The van der Waals surface area contributed by atoms with Gasteiger partial charge in [-0.1, -0.05) is 19.4 Å². The van der Waals surface area contributed by atoms with Gasteiger partial charge in [0.05, 0.1) is 0 Å². The van der Waals surface area contributed by atoms with Gasteiger partial charge < -0.3 is 20.3 Å². The van der Waals surface area contributed by atoms with Crippen LogP contribution >= 0.6 is 0 Å². The van der Waals surface area contributed by atoms with Crippen LogP contribution in [-0.2, 0) is 4.74 Å². The molecule has 0 bridgehead atoms. The van der Waals surface area contributed by atoms with Gasteiger partial charge in [0, 0.05) is 36.7 Å². The lowest BCUT2D eigenvalue weighted by atomic mass is 9.74. The summed E-state index contributed by atoms with van der Waals surface area (Å²) in [5.41, 5.74) is 1.00. The van der Waals surface area contributed by atoms with Crippen LogP contribution in [0.5, 0.6) is 0 Å². The number of hydrogen-bond acceptors (Lipinski definition) is 5. The van der Waals surface area contributed by atoms with Crippen molar-refractivity contribution in [1.29, 1.82) is 0 Å². The van der Waals surface area contributed by atoms with Gasteiger partial charge in [0.25, 0.3) is 0 Å². The Balaban J connectivity index is 1.55. The van der Waals surface area contributed by atoms with Gasteiger partial charge in [-0.05, 0) is 51.9 Å². The minimum absolute atomic E-state index is 0.198. The number of hydrogen-bond donors (Lipinski definition) is 3. The Bertz CT molecular complexity index is 464. The molecule has 0 amide bonds. The number of allylic oxidation sites excluding steroid dienone is 1. The summed E-state index contributed by atoms with van der Waals surface area (Å²) < 4.78 is 5.46. The molecule has 0 spiro atoms. The van der Waals surface area contributed by atoms with E-state index in [1.165, 1.54) is 0 Å². The molecule has 5 atom stereocenters. The van der Waals surface area contributed by atoms with Crippen LogP contribution in [0.25, 0.3) is 0 Å². The monoisotopic (exact) mass is 365 g/mol. The summed E-state index contributed by atoms with van der Waals surface area (Å²) in [6, 6.07) is 0.295.